The van der Waals surface area contributed by atoms with E-state index >= 15 is 0 Å². The molecular weight excluding hydrogens is 393 g/mol. The van der Waals surface area contributed by atoms with Crippen LogP contribution in [0.25, 0.3) is 27.7 Å². The number of fused-ring (bicyclic) bond motifs is 1. The van der Waals surface area contributed by atoms with Gasteiger partial charge in [0, 0.05) is 11.5 Å². The van der Waals surface area contributed by atoms with Gasteiger partial charge in [0.15, 0.2) is 0 Å². The van der Waals surface area contributed by atoms with Gasteiger partial charge in [-0.3, -0.25) is 0 Å². The Morgan fingerprint density at radius 1 is 0.857 bits per heavy atom. The van der Waals surface area contributed by atoms with Crippen molar-refractivity contribution in [3.63, 3.8) is 0 Å². The molecule has 0 atom stereocenters. The van der Waals surface area contributed by atoms with E-state index in [1.165, 1.54) is 16.8 Å². The number of benzene rings is 3. The molecule has 8 heteroatoms. The van der Waals surface area contributed by atoms with Crippen LogP contribution in [0.2, 0.25) is 5.02 Å². The molecule has 0 unspecified atom stereocenters. The van der Waals surface area contributed by atoms with Gasteiger partial charge in [-0.05, 0) is 47.5 Å². The minimum absolute atomic E-state index is 0.0126. The maximum Gasteiger partial charge on any atom is 0.419 e. The number of halogens is 4. The molecule has 4 rings (SSSR count). The van der Waals surface area contributed by atoms with Crippen LogP contribution in [-0.2, 0) is 6.18 Å². The third-order valence-corrected chi connectivity index (χ3v) is 4.68. The van der Waals surface area contributed by atoms with Gasteiger partial charge in [-0.2, -0.15) is 18.3 Å². The molecule has 1 heterocycles. The molecule has 0 fully saturated rings. The molecule has 1 aromatic heterocycles. The van der Waals surface area contributed by atoms with Crippen molar-refractivity contribution in [2.75, 3.05) is 0 Å². The largest absolute Gasteiger partial charge is 0.507 e. The predicted octanol–water partition coefficient (Wildman–Crippen LogP) is 5.78. The summed E-state index contributed by atoms with van der Waals surface area (Å²) in [6.07, 6.45) is -3.05. The fourth-order valence-electron chi connectivity index (χ4n) is 3.00. The van der Waals surface area contributed by atoms with Crippen molar-refractivity contribution in [2.45, 2.75) is 6.18 Å². The Morgan fingerprint density at radius 2 is 1.57 bits per heavy atom. The summed E-state index contributed by atoms with van der Waals surface area (Å²) in [7, 11) is 0. The lowest BCUT2D eigenvalue weighted by Crippen LogP contribution is -2.06. The summed E-state index contributed by atoms with van der Waals surface area (Å²) in [5.74, 6) is -0.870. The normalized spacial score (nSPS) is 11.9. The van der Waals surface area contributed by atoms with Gasteiger partial charge in [-0.15, -0.1) is 0 Å². The Hall–Kier alpha value is -3.19. The molecule has 2 N–H and O–H groups in total. The summed E-state index contributed by atoms with van der Waals surface area (Å²) in [5.41, 5.74) is 1.50. The zero-order valence-electron chi connectivity index (χ0n) is 14.1. The number of phenolic OH excluding ortho intramolecular Hbond substituents is 2. The van der Waals surface area contributed by atoms with Gasteiger partial charge < -0.3 is 10.2 Å². The molecule has 4 aromatic rings. The van der Waals surface area contributed by atoms with E-state index in [4.69, 9.17) is 11.6 Å². The zero-order valence-corrected chi connectivity index (χ0v) is 14.8. The van der Waals surface area contributed by atoms with Crippen LogP contribution in [0.5, 0.6) is 11.5 Å². The van der Waals surface area contributed by atoms with Crippen molar-refractivity contribution in [3.05, 3.63) is 71.4 Å². The second-order valence-electron chi connectivity index (χ2n) is 6.20. The summed E-state index contributed by atoms with van der Waals surface area (Å²) < 4.78 is 39.9. The van der Waals surface area contributed by atoms with Crippen LogP contribution >= 0.6 is 11.6 Å². The number of hydrogen-bond acceptors (Lipinski definition) is 3. The van der Waals surface area contributed by atoms with Crippen LogP contribution in [0.3, 0.4) is 0 Å². The number of nitrogens with zero attached hydrogens (tertiary/aromatic N) is 2. The topological polar surface area (TPSA) is 58.3 Å². The van der Waals surface area contributed by atoms with Crippen LogP contribution in [0.15, 0.2) is 60.8 Å². The van der Waals surface area contributed by atoms with Gasteiger partial charge >= 0.3 is 6.18 Å². The van der Waals surface area contributed by atoms with Crippen LogP contribution < -0.4 is 0 Å². The molecule has 0 spiro atoms. The Morgan fingerprint density at radius 3 is 2.25 bits per heavy atom. The number of hydrogen-bond donors (Lipinski definition) is 2. The Bertz CT molecular complexity index is 1200. The van der Waals surface area contributed by atoms with E-state index in [-0.39, 0.29) is 10.8 Å². The van der Waals surface area contributed by atoms with E-state index in [2.05, 4.69) is 5.10 Å². The zero-order chi connectivity index (χ0) is 20.1. The van der Waals surface area contributed by atoms with E-state index in [1.807, 2.05) is 12.1 Å². The van der Waals surface area contributed by atoms with Crippen molar-refractivity contribution in [2.24, 2.45) is 0 Å². The molecule has 0 amide bonds. The monoisotopic (exact) mass is 404 g/mol. The Balaban J connectivity index is 1.76. The van der Waals surface area contributed by atoms with E-state index in [1.54, 1.807) is 24.4 Å². The molecule has 28 heavy (non-hydrogen) atoms. The average molecular weight is 405 g/mol. The van der Waals surface area contributed by atoms with Gasteiger partial charge in [0.25, 0.3) is 0 Å². The highest BCUT2D eigenvalue weighted by Crippen LogP contribution is 2.37. The molecule has 0 saturated carbocycles. The SMILES string of the molecule is Oc1ccc(-c2ccc3c(cnn3-c3ccc(C(F)(F)F)c(O)c3)c2)cc1Cl. The van der Waals surface area contributed by atoms with Crippen molar-refractivity contribution < 1.29 is 23.4 Å². The van der Waals surface area contributed by atoms with Crippen molar-refractivity contribution in [1.82, 2.24) is 9.78 Å². The first-order valence-electron chi connectivity index (χ1n) is 8.11. The first-order chi connectivity index (χ1) is 13.2. The molecule has 0 saturated heterocycles. The standard InChI is InChI=1S/C20H12ClF3N2O2/c21-16-8-12(2-6-18(16)27)11-1-5-17-13(7-11)10-25-26(17)14-3-4-15(19(28)9-14)20(22,23)24/h1-10,27-28H. The van der Waals surface area contributed by atoms with Gasteiger partial charge in [0.05, 0.1) is 28.0 Å². The molecule has 0 aliphatic heterocycles. The number of aromatic nitrogens is 2. The van der Waals surface area contributed by atoms with Gasteiger partial charge in [-0.25, -0.2) is 4.68 Å². The van der Waals surface area contributed by atoms with E-state index in [0.29, 0.717) is 11.2 Å². The minimum atomic E-state index is -4.63. The van der Waals surface area contributed by atoms with Crippen molar-refractivity contribution in [3.8, 4) is 28.3 Å². The van der Waals surface area contributed by atoms with E-state index in [9.17, 15) is 23.4 Å². The number of aromatic hydroxyl groups is 2. The minimum Gasteiger partial charge on any atom is -0.507 e. The lowest BCUT2D eigenvalue weighted by atomic mass is 10.0. The molecule has 0 aliphatic rings. The van der Waals surface area contributed by atoms with E-state index in [0.717, 1.165) is 28.6 Å². The maximum atomic E-state index is 12.8. The molecule has 142 valence electrons. The summed E-state index contributed by atoms with van der Waals surface area (Å²) in [4.78, 5) is 0. The van der Waals surface area contributed by atoms with Crippen molar-refractivity contribution in [1.29, 1.82) is 0 Å². The molecule has 3 aromatic carbocycles. The van der Waals surface area contributed by atoms with Gasteiger partial charge in [-0.1, -0.05) is 23.7 Å². The number of alkyl halides is 3. The molecule has 0 aliphatic carbocycles. The first kappa shape index (κ1) is 18.2. The van der Waals surface area contributed by atoms with E-state index < -0.39 is 17.5 Å². The Labute approximate surface area is 162 Å². The second-order valence-corrected chi connectivity index (χ2v) is 6.60. The van der Waals surface area contributed by atoms with Crippen LogP contribution in [-0.4, -0.2) is 20.0 Å². The molecular formula is C20H12ClF3N2O2. The highest BCUT2D eigenvalue weighted by molar-refractivity contribution is 6.32. The second kappa shape index (κ2) is 6.45. The van der Waals surface area contributed by atoms with Crippen molar-refractivity contribution >= 4 is 22.5 Å². The fourth-order valence-corrected chi connectivity index (χ4v) is 3.18. The smallest absolute Gasteiger partial charge is 0.419 e. The number of rotatable bonds is 2. The molecule has 0 radical (unpaired) electrons. The fraction of sp³-hybridized carbons (Fsp3) is 0.0500. The highest BCUT2D eigenvalue weighted by atomic mass is 35.5. The summed E-state index contributed by atoms with van der Waals surface area (Å²) in [6.45, 7) is 0. The predicted molar refractivity (Wildman–Crippen MR) is 99.8 cm³/mol. The molecule has 0 bridgehead atoms. The lowest BCUT2D eigenvalue weighted by molar-refractivity contribution is -0.138. The quantitative estimate of drug-likeness (QED) is 0.445. The van der Waals surface area contributed by atoms with Gasteiger partial charge in [0.2, 0.25) is 0 Å². The summed E-state index contributed by atoms with van der Waals surface area (Å²) in [5, 5.41) is 24.5. The lowest BCUT2D eigenvalue weighted by Gasteiger charge is -2.11. The third kappa shape index (κ3) is 3.14. The third-order valence-electron chi connectivity index (χ3n) is 4.38. The molecule has 4 nitrogen and oxygen atoms in total. The summed E-state index contributed by atoms with van der Waals surface area (Å²) in [6, 6.07) is 13.4. The maximum absolute atomic E-state index is 12.8. The number of phenols is 2. The van der Waals surface area contributed by atoms with Crippen LogP contribution in [0, 0.1) is 0 Å². The highest BCUT2D eigenvalue weighted by Gasteiger charge is 2.33. The summed E-state index contributed by atoms with van der Waals surface area (Å²) >= 11 is 5.96. The average Bonchev–Trinajstić information content (AvgIpc) is 3.06. The Kier molecular flexibility index (Phi) is 4.19. The van der Waals surface area contributed by atoms with Gasteiger partial charge in [0.1, 0.15) is 11.5 Å². The first-order valence-corrected chi connectivity index (χ1v) is 8.49. The van der Waals surface area contributed by atoms with Crippen LogP contribution in [0.4, 0.5) is 13.2 Å². The van der Waals surface area contributed by atoms with Crippen LogP contribution in [0.1, 0.15) is 5.56 Å².